The van der Waals surface area contributed by atoms with Crippen LogP contribution in [-0.2, 0) is 18.3 Å². The first-order chi connectivity index (χ1) is 16.6. The van der Waals surface area contributed by atoms with E-state index in [9.17, 15) is 5.26 Å². The summed E-state index contributed by atoms with van der Waals surface area (Å²) in [6.07, 6.45) is 3.77. The summed E-state index contributed by atoms with van der Waals surface area (Å²) in [5, 5.41) is 23.6. The second kappa shape index (κ2) is 8.31. The van der Waals surface area contributed by atoms with Crippen molar-refractivity contribution in [3.8, 4) is 17.2 Å². The minimum absolute atomic E-state index is 0.250. The molecule has 1 aromatic carbocycles. The molecule has 0 N–H and O–H groups in total. The van der Waals surface area contributed by atoms with Crippen molar-refractivity contribution in [1.29, 1.82) is 5.26 Å². The molecule has 4 aromatic rings. The Morgan fingerprint density at radius 2 is 1.94 bits per heavy atom. The van der Waals surface area contributed by atoms with Gasteiger partial charge in [0.25, 0.3) is 0 Å². The van der Waals surface area contributed by atoms with Gasteiger partial charge in [0.1, 0.15) is 17.5 Å². The molecule has 1 aliphatic rings. The maximum absolute atomic E-state index is 15.8. The van der Waals surface area contributed by atoms with Gasteiger partial charge in [-0.15, -0.1) is 10.2 Å². The number of aromatic nitrogens is 6. The second-order valence-electron chi connectivity index (χ2n) is 10.00. The fraction of sp³-hybridized carbons (Fsp3) is 0.400. The average Bonchev–Trinajstić information content (AvgIpc) is 3.42. The van der Waals surface area contributed by atoms with Gasteiger partial charge in [-0.1, -0.05) is 23.7 Å². The molecule has 0 spiro atoms. The summed E-state index contributed by atoms with van der Waals surface area (Å²) in [5.41, 5.74) is 1.70. The fourth-order valence-electron chi connectivity index (χ4n) is 4.74. The van der Waals surface area contributed by atoms with Crippen molar-refractivity contribution in [2.45, 2.75) is 44.8 Å². The molecule has 3 aromatic heterocycles. The highest BCUT2D eigenvalue weighted by Crippen LogP contribution is 2.41. The molecule has 4 heterocycles. The van der Waals surface area contributed by atoms with E-state index >= 15 is 4.39 Å². The van der Waals surface area contributed by atoms with Crippen LogP contribution in [0.2, 0.25) is 5.15 Å². The molecule has 10 heteroatoms. The van der Waals surface area contributed by atoms with Gasteiger partial charge in [-0.25, -0.2) is 14.1 Å². The Balaban J connectivity index is 1.54. The molecule has 0 saturated carbocycles. The van der Waals surface area contributed by atoms with Gasteiger partial charge < -0.3 is 9.47 Å². The van der Waals surface area contributed by atoms with Crippen molar-refractivity contribution in [3.05, 3.63) is 53.3 Å². The van der Waals surface area contributed by atoms with E-state index in [2.05, 4.69) is 31.2 Å². The van der Waals surface area contributed by atoms with E-state index in [1.807, 2.05) is 39.0 Å². The van der Waals surface area contributed by atoms with Gasteiger partial charge in [0, 0.05) is 50.3 Å². The number of alkyl halides is 1. The first-order valence-corrected chi connectivity index (χ1v) is 11.9. The number of benzene rings is 1. The lowest BCUT2D eigenvalue weighted by Gasteiger charge is -2.38. The quantitative estimate of drug-likeness (QED) is 0.401. The van der Waals surface area contributed by atoms with E-state index < -0.39 is 5.67 Å². The van der Waals surface area contributed by atoms with Crippen LogP contribution in [0.3, 0.4) is 0 Å². The summed E-state index contributed by atoms with van der Waals surface area (Å²) < 4.78 is 19.2. The normalized spacial score (nSPS) is 16.0. The zero-order valence-corrected chi connectivity index (χ0v) is 20.9. The Bertz CT molecular complexity index is 1450. The Hall–Kier alpha value is -3.51. The molecule has 0 amide bonds. The van der Waals surface area contributed by atoms with Crippen molar-refractivity contribution >= 4 is 28.3 Å². The Morgan fingerprint density at radius 1 is 1.20 bits per heavy atom. The molecule has 0 radical (unpaired) electrons. The Kier molecular flexibility index (Phi) is 5.52. The highest BCUT2D eigenvalue weighted by atomic mass is 35.5. The summed E-state index contributed by atoms with van der Waals surface area (Å²) in [6.45, 7) is 6.97. The van der Waals surface area contributed by atoms with E-state index in [0.717, 1.165) is 22.2 Å². The Labute approximate surface area is 208 Å². The van der Waals surface area contributed by atoms with Gasteiger partial charge in [-0.3, -0.25) is 0 Å². The lowest BCUT2D eigenvalue weighted by molar-refractivity contribution is 0.109. The largest absolute Gasteiger partial charge is 0.370 e. The molecule has 5 rings (SSSR count). The average molecular weight is 493 g/mol. The number of hydrogen-bond donors (Lipinski definition) is 0. The van der Waals surface area contributed by atoms with Gasteiger partial charge >= 0.3 is 0 Å². The predicted molar refractivity (Wildman–Crippen MR) is 133 cm³/mol. The van der Waals surface area contributed by atoms with E-state index in [1.165, 1.54) is 6.33 Å². The molecule has 8 nitrogen and oxygen atoms in total. The lowest BCUT2D eigenvalue weighted by atomic mass is 9.90. The molecule has 35 heavy (non-hydrogen) atoms. The van der Waals surface area contributed by atoms with Crippen molar-refractivity contribution in [2.24, 2.45) is 7.05 Å². The van der Waals surface area contributed by atoms with Crippen LogP contribution in [0.15, 0.2) is 36.8 Å². The van der Waals surface area contributed by atoms with Crippen molar-refractivity contribution in [3.63, 3.8) is 0 Å². The number of fused-ring (bicyclic) bond motifs is 1. The smallest absolute Gasteiger partial charge is 0.182 e. The summed E-state index contributed by atoms with van der Waals surface area (Å²) in [4.78, 5) is 6.64. The SMILES string of the molecule is Cn1cnnc1C1(F)CCN(c2c(C#N)cccc2-c2cnc3nn(C(C)(C)C)c(Cl)c3c2)CC1. The van der Waals surface area contributed by atoms with Crippen LogP contribution in [0.25, 0.3) is 22.2 Å². The van der Waals surface area contributed by atoms with Crippen molar-refractivity contribution in [2.75, 3.05) is 18.0 Å². The van der Waals surface area contributed by atoms with E-state index in [4.69, 9.17) is 11.6 Å². The van der Waals surface area contributed by atoms with Gasteiger partial charge in [0.05, 0.1) is 22.2 Å². The topological polar surface area (TPSA) is 88.4 Å². The van der Waals surface area contributed by atoms with Crippen LogP contribution in [-0.4, -0.2) is 42.6 Å². The van der Waals surface area contributed by atoms with Gasteiger partial charge in [0.2, 0.25) is 0 Å². The Morgan fingerprint density at radius 3 is 2.57 bits per heavy atom. The molecule has 0 atom stereocenters. The first kappa shape index (κ1) is 23.2. The number of pyridine rings is 1. The maximum Gasteiger partial charge on any atom is 0.182 e. The minimum atomic E-state index is -1.56. The standard InChI is InChI=1S/C25H26ClFN8/c1-24(2,3)35-21(26)19-12-17(14-29-22(19)32-35)18-7-5-6-16(13-28)20(18)34-10-8-25(27,9-11-34)23-31-30-15-33(23)4/h5-7,12,14-15H,8-11H2,1-4H3. The molecule has 0 unspecified atom stereocenters. The van der Waals surface area contributed by atoms with Crippen molar-refractivity contribution in [1.82, 2.24) is 29.5 Å². The van der Waals surface area contributed by atoms with Crippen LogP contribution in [0.1, 0.15) is 45.0 Å². The van der Waals surface area contributed by atoms with E-state index in [0.29, 0.717) is 35.3 Å². The summed E-state index contributed by atoms with van der Waals surface area (Å²) in [6, 6.07) is 9.87. The van der Waals surface area contributed by atoms with Gasteiger partial charge in [-0.05, 0) is 32.9 Å². The number of para-hydroxylation sites is 1. The number of nitriles is 1. The monoisotopic (exact) mass is 492 g/mol. The molecule has 1 fully saturated rings. The number of nitrogens with zero attached hydrogens (tertiary/aromatic N) is 8. The fourth-order valence-corrected chi connectivity index (χ4v) is 5.17. The summed E-state index contributed by atoms with van der Waals surface area (Å²) in [5.74, 6) is 0.339. The molecular weight excluding hydrogens is 467 g/mol. The second-order valence-corrected chi connectivity index (χ2v) is 10.4. The van der Waals surface area contributed by atoms with Crippen LogP contribution in [0.4, 0.5) is 10.1 Å². The third-order valence-electron chi connectivity index (χ3n) is 6.56. The molecule has 180 valence electrons. The van der Waals surface area contributed by atoms with Crippen molar-refractivity contribution < 1.29 is 4.39 Å². The number of aryl methyl sites for hydroxylation is 1. The number of piperidine rings is 1. The highest BCUT2D eigenvalue weighted by molar-refractivity contribution is 6.34. The number of rotatable bonds is 3. The van der Waals surface area contributed by atoms with Crippen LogP contribution >= 0.6 is 11.6 Å². The third-order valence-corrected chi connectivity index (χ3v) is 6.92. The van der Waals surface area contributed by atoms with Gasteiger partial charge in [-0.2, -0.15) is 10.4 Å². The predicted octanol–water partition coefficient (Wildman–Crippen LogP) is 4.97. The third kappa shape index (κ3) is 3.92. The van der Waals surface area contributed by atoms with Gasteiger partial charge in [0.15, 0.2) is 17.1 Å². The summed E-state index contributed by atoms with van der Waals surface area (Å²) in [7, 11) is 1.75. The maximum atomic E-state index is 15.8. The number of halogens is 2. The number of anilines is 1. The van der Waals surface area contributed by atoms with Crippen LogP contribution in [0.5, 0.6) is 0 Å². The van der Waals surface area contributed by atoms with E-state index in [-0.39, 0.29) is 18.4 Å². The summed E-state index contributed by atoms with van der Waals surface area (Å²) >= 11 is 6.68. The van der Waals surface area contributed by atoms with Crippen LogP contribution < -0.4 is 4.90 Å². The molecule has 1 saturated heterocycles. The molecular formula is C25H26ClFN8. The highest BCUT2D eigenvalue weighted by Gasteiger charge is 2.41. The molecule has 0 bridgehead atoms. The molecule has 0 aliphatic carbocycles. The molecule has 1 aliphatic heterocycles. The van der Waals surface area contributed by atoms with Crippen LogP contribution in [0, 0.1) is 11.3 Å². The number of hydrogen-bond acceptors (Lipinski definition) is 6. The zero-order chi connectivity index (χ0) is 25.0. The lowest BCUT2D eigenvalue weighted by Crippen LogP contribution is -2.42. The zero-order valence-electron chi connectivity index (χ0n) is 20.1. The van der Waals surface area contributed by atoms with E-state index in [1.54, 1.807) is 28.6 Å². The minimum Gasteiger partial charge on any atom is -0.370 e. The first-order valence-electron chi connectivity index (χ1n) is 11.5.